The molecule has 0 aromatic carbocycles. The summed E-state index contributed by atoms with van der Waals surface area (Å²) in [5.41, 5.74) is 6.75. The number of H-pyrrole nitrogens is 2. The Kier molecular flexibility index (Phi) is 4.01. The van der Waals surface area contributed by atoms with Gasteiger partial charge in [-0.15, -0.1) is 0 Å². The van der Waals surface area contributed by atoms with Gasteiger partial charge in [0.25, 0.3) is 5.56 Å². The second-order valence-corrected chi connectivity index (χ2v) is 5.54. The lowest BCUT2D eigenvalue weighted by Crippen LogP contribution is -2.09. The van der Waals surface area contributed by atoms with Crippen molar-refractivity contribution in [2.24, 2.45) is 0 Å². The molecule has 7 heteroatoms. The van der Waals surface area contributed by atoms with Crippen molar-refractivity contribution in [3.05, 3.63) is 45.8 Å². The van der Waals surface area contributed by atoms with Gasteiger partial charge in [0.1, 0.15) is 11.4 Å². The Morgan fingerprint density at radius 2 is 2.04 bits per heavy atom. The average molecular weight is 314 g/mol. The van der Waals surface area contributed by atoms with E-state index in [2.05, 4.69) is 15.0 Å². The second kappa shape index (κ2) is 6.12. The van der Waals surface area contributed by atoms with Crippen molar-refractivity contribution in [1.29, 1.82) is 0 Å². The van der Waals surface area contributed by atoms with E-state index in [4.69, 9.17) is 10.2 Å². The number of hydrogen-bond donors (Lipinski definition) is 3. The molecule has 23 heavy (non-hydrogen) atoms. The molecule has 3 heterocycles. The maximum Gasteiger partial charge on any atom is 0.261 e. The molecule has 0 aliphatic carbocycles. The van der Waals surface area contributed by atoms with Crippen LogP contribution < -0.4 is 11.3 Å². The molecule has 3 aromatic rings. The lowest BCUT2D eigenvalue weighted by atomic mass is 10.1. The number of nitrogen functional groups attached to an aromatic ring is 1. The van der Waals surface area contributed by atoms with E-state index >= 15 is 0 Å². The summed E-state index contributed by atoms with van der Waals surface area (Å²) in [7, 11) is 0. The first-order valence-electron chi connectivity index (χ1n) is 7.50. The monoisotopic (exact) mass is 314 g/mol. The van der Waals surface area contributed by atoms with Crippen LogP contribution in [-0.4, -0.2) is 20.7 Å². The summed E-state index contributed by atoms with van der Waals surface area (Å²) in [4.78, 5) is 32.6. The standard InChI is InChI=1S/C16H18N4O3/c1-9(21)13-7-6-11(23-13)5-3-2-4-10-8-12-14(18-10)19-16(17)20-15(12)22/h6-8H,2-5H2,1H3,(H4,17,18,19,20,22). The van der Waals surface area contributed by atoms with Gasteiger partial charge in [-0.05, 0) is 37.5 Å². The van der Waals surface area contributed by atoms with Crippen LogP contribution in [0.1, 0.15) is 41.8 Å². The van der Waals surface area contributed by atoms with E-state index in [9.17, 15) is 9.59 Å². The smallest absolute Gasteiger partial charge is 0.261 e. The number of carbonyl (C=O) groups is 1. The fraction of sp³-hybridized carbons (Fsp3) is 0.312. The summed E-state index contributed by atoms with van der Waals surface area (Å²) in [6, 6.07) is 5.35. The number of unbranched alkanes of at least 4 members (excludes halogenated alkanes) is 1. The van der Waals surface area contributed by atoms with Gasteiger partial charge in [0.05, 0.1) is 5.39 Å². The molecular formula is C16H18N4O3. The van der Waals surface area contributed by atoms with Gasteiger partial charge in [0.2, 0.25) is 5.95 Å². The average Bonchev–Trinajstić information content (AvgIpc) is 3.10. The summed E-state index contributed by atoms with van der Waals surface area (Å²) in [6.45, 7) is 1.49. The van der Waals surface area contributed by atoms with Crippen molar-refractivity contribution in [1.82, 2.24) is 15.0 Å². The number of aromatic nitrogens is 3. The molecule has 0 saturated carbocycles. The lowest BCUT2D eigenvalue weighted by molar-refractivity contribution is 0.0985. The third-order valence-corrected chi connectivity index (χ3v) is 3.70. The Morgan fingerprint density at radius 1 is 1.26 bits per heavy atom. The summed E-state index contributed by atoms with van der Waals surface area (Å²) >= 11 is 0. The number of carbonyl (C=O) groups excluding carboxylic acids is 1. The van der Waals surface area contributed by atoms with Gasteiger partial charge in [-0.25, -0.2) is 0 Å². The summed E-state index contributed by atoms with van der Waals surface area (Å²) in [5, 5.41) is 0.520. The Labute approximate surface area is 131 Å². The number of rotatable bonds is 6. The van der Waals surface area contributed by atoms with Crippen molar-refractivity contribution in [3.8, 4) is 0 Å². The third kappa shape index (κ3) is 3.33. The molecule has 3 rings (SSSR count). The molecule has 3 aromatic heterocycles. The van der Waals surface area contributed by atoms with E-state index in [1.807, 2.05) is 6.07 Å². The lowest BCUT2D eigenvalue weighted by Gasteiger charge is -1.98. The topological polar surface area (TPSA) is 118 Å². The number of Topliss-reactive ketones (excluding diaryl/α,β-unsaturated/α-hetero) is 1. The minimum absolute atomic E-state index is 0.0636. The summed E-state index contributed by atoms with van der Waals surface area (Å²) in [5.74, 6) is 1.26. The molecule has 0 unspecified atom stereocenters. The maximum atomic E-state index is 11.7. The predicted molar refractivity (Wildman–Crippen MR) is 86.5 cm³/mol. The van der Waals surface area contributed by atoms with Crippen LogP contribution in [0.4, 0.5) is 5.95 Å². The van der Waals surface area contributed by atoms with Crippen LogP contribution in [0.2, 0.25) is 0 Å². The van der Waals surface area contributed by atoms with Crippen LogP contribution in [0.15, 0.2) is 27.4 Å². The number of nitrogens with zero attached hydrogens (tertiary/aromatic N) is 1. The van der Waals surface area contributed by atoms with Crippen LogP contribution >= 0.6 is 0 Å². The second-order valence-electron chi connectivity index (χ2n) is 5.54. The molecule has 0 aliphatic heterocycles. The Bertz CT molecular complexity index is 904. The van der Waals surface area contributed by atoms with Crippen molar-refractivity contribution in [3.63, 3.8) is 0 Å². The Hall–Kier alpha value is -2.83. The first kappa shape index (κ1) is 15.1. The number of fused-ring (bicyclic) bond motifs is 1. The van der Waals surface area contributed by atoms with Gasteiger partial charge in [-0.3, -0.25) is 14.6 Å². The van der Waals surface area contributed by atoms with E-state index in [1.54, 1.807) is 12.1 Å². The van der Waals surface area contributed by atoms with Gasteiger partial charge in [-0.1, -0.05) is 0 Å². The third-order valence-electron chi connectivity index (χ3n) is 3.70. The van der Waals surface area contributed by atoms with Crippen LogP contribution in [0.5, 0.6) is 0 Å². The maximum absolute atomic E-state index is 11.7. The number of ketones is 1. The number of furan rings is 1. The zero-order chi connectivity index (χ0) is 16.4. The minimum atomic E-state index is -0.234. The highest BCUT2D eigenvalue weighted by Crippen LogP contribution is 2.15. The highest BCUT2D eigenvalue weighted by Gasteiger charge is 2.08. The molecule has 0 spiro atoms. The summed E-state index contributed by atoms with van der Waals surface area (Å²) in [6.07, 6.45) is 3.43. The SMILES string of the molecule is CC(=O)c1ccc(CCCCc2cc3c(=O)[nH]c(N)nc3[nH]2)o1. The molecule has 0 atom stereocenters. The van der Waals surface area contributed by atoms with Crippen LogP contribution in [0.3, 0.4) is 0 Å². The van der Waals surface area contributed by atoms with Crippen molar-refractivity contribution >= 4 is 22.8 Å². The number of nitrogens with two attached hydrogens (primary N) is 1. The molecule has 0 fully saturated rings. The van der Waals surface area contributed by atoms with Gasteiger partial charge in [-0.2, -0.15) is 4.98 Å². The number of aryl methyl sites for hydroxylation is 2. The minimum Gasteiger partial charge on any atom is -0.458 e. The summed E-state index contributed by atoms with van der Waals surface area (Å²) < 4.78 is 5.45. The van der Waals surface area contributed by atoms with Crippen molar-refractivity contribution in [2.75, 3.05) is 5.73 Å². The van der Waals surface area contributed by atoms with Gasteiger partial charge >= 0.3 is 0 Å². The largest absolute Gasteiger partial charge is 0.458 e. The molecule has 0 amide bonds. The Morgan fingerprint density at radius 3 is 2.78 bits per heavy atom. The van der Waals surface area contributed by atoms with E-state index in [0.29, 0.717) is 16.8 Å². The van der Waals surface area contributed by atoms with E-state index in [0.717, 1.165) is 37.1 Å². The highest BCUT2D eigenvalue weighted by molar-refractivity contribution is 5.91. The number of aromatic amines is 2. The molecule has 120 valence electrons. The number of anilines is 1. The van der Waals surface area contributed by atoms with Crippen LogP contribution in [0.25, 0.3) is 11.0 Å². The van der Waals surface area contributed by atoms with E-state index in [1.165, 1.54) is 6.92 Å². The quantitative estimate of drug-likeness (QED) is 0.476. The van der Waals surface area contributed by atoms with Crippen LogP contribution in [-0.2, 0) is 12.8 Å². The number of hydrogen-bond acceptors (Lipinski definition) is 5. The molecular weight excluding hydrogens is 296 g/mol. The molecule has 4 N–H and O–H groups in total. The van der Waals surface area contributed by atoms with Gasteiger partial charge in [0, 0.05) is 19.0 Å². The first-order chi connectivity index (χ1) is 11.0. The molecule has 0 saturated heterocycles. The van der Waals surface area contributed by atoms with E-state index in [-0.39, 0.29) is 17.3 Å². The van der Waals surface area contributed by atoms with Gasteiger partial charge < -0.3 is 15.1 Å². The Balaban J connectivity index is 1.57. The van der Waals surface area contributed by atoms with Gasteiger partial charge in [0.15, 0.2) is 11.5 Å². The molecule has 0 radical (unpaired) electrons. The van der Waals surface area contributed by atoms with Crippen molar-refractivity contribution in [2.45, 2.75) is 32.6 Å². The number of nitrogens with one attached hydrogen (secondary N) is 2. The zero-order valence-corrected chi connectivity index (χ0v) is 12.8. The highest BCUT2D eigenvalue weighted by atomic mass is 16.3. The van der Waals surface area contributed by atoms with Crippen LogP contribution in [0, 0.1) is 0 Å². The van der Waals surface area contributed by atoms with E-state index < -0.39 is 0 Å². The molecule has 0 aliphatic rings. The molecule has 0 bridgehead atoms. The fourth-order valence-electron chi connectivity index (χ4n) is 2.54. The fourth-order valence-corrected chi connectivity index (χ4v) is 2.54. The van der Waals surface area contributed by atoms with Crippen molar-refractivity contribution < 1.29 is 9.21 Å². The zero-order valence-electron chi connectivity index (χ0n) is 12.8. The first-order valence-corrected chi connectivity index (χ1v) is 7.50. The predicted octanol–water partition coefficient (Wildman–Crippen LogP) is 2.19. The normalized spacial score (nSPS) is 11.2. The molecule has 7 nitrogen and oxygen atoms in total.